The van der Waals surface area contributed by atoms with E-state index in [-0.39, 0.29) is 28.5 Å². The van der Waals surface area contributed by atoms with Crippen LogP contribution in [-0.4, -0.2) is 46.0 Å². The second-order valence-electron chi connectivity index (χ2n) is 4.75. The number of nitrogens with zero attached hydrogens (tertiary/aromatic N) is 4. The van der Waals surface area contributed by atoms with Crippen LogP contribution in [0.25, 0.3) is 0 Å². The first kappa shape index (κ1) is 14.0. The SMILES string of the molecule is Cc1nc(Cl)nc(NC2CCN(C)CC2)c1[N+](=O)[O-]. The van der Waals surface area contributed by atoms with Gasteiger partial charge in [0.25, 0.3) is 0 Å². The second kappa shape index (κ2) is 5.66. The van der Waals surface area contributed by atoms with Crippen molar-refractivity contribution in [2.45, 2.75) is 25.8 Å². The molecule has 1 aromatic heterocycles. The molecule has 0 saturated carbocycles. The van der Waals surface area contributed by atoms with Crippen LogP contribution in [0.3, 0.4) is 0 Å². The fourth-order valence-corrected chi connectivity index (χ4v) is 2.41. The molecule has 1 aliphatic heterocycles. The Labute approximate surface area is 116 Å². The van der Waals surface area contributed by atoms with Gasteiger partial charge in [-0.3, -0.25) is 10.1 Å². The molecule has 1 fully saturated rings. The van der Waals surface area contributed by atoms with Crippen LogP contribution in [0, 0.1) is 17.0 Å². The van der Waals surface area contributed by atoms with E-state index in [2.05, 4.69) is 27.2 Å². The van der Waals surface area contributed by atoms with E-state index in [4.69, 9.17) is 11.6 Å². The summed E-state index contributed by atoms with van der Waals surface area (Å²) < 4.78 is 0. The standard InChI is InChI=1S/C11H16ClN5O2/c1-7-9(17(18)19)10(15-11(12)13-7)14-8-3-5-16(2)6-4-8/h8H,3-6H2,1-2H3,(H,13,14,15). The Morgan fingerprint density at radius 3 is 2.63 bits per heavy atom. The van der Waals surface area contributed by atoms with E-state index in [1.54, 1.807) is 6.92 Å². The van der Waals surface area contributed by atoms with Crippen molar-refractivity contribution < 1.29 is 4.92 Å². The molecular formula is C11H16ClN5O2. The summed E-state index contributed by atoms with van der Waals surface area (Å²) in [5.74, 6) is 0.219. The van der Waals surface area contributed by atoms with Gasteiger partial charge in [-0.2, -0.15) is 4.98 Å². The van der Waals surface area contributed by atoms with Crippen LogP contribution in [0.1, 0.15) is 18.5 Å². The Bertz CT molecular complexity index is 488. The number of piperidine rings is 1. The molecule has 0 aliphatic carbocycles. The molecule has 0 atom stereocenters. The first-order chi connectivity index (χ1) is 8.97. The average molecular weight is 286 g/mol. The van der Waals surface area contributed by atoms with Gasteiger partial charge in [-0.25, -0.2) is 4.98 Å². The maximum Gasteiger partial charge on any atom is 0.332 e. The third-order valence-corrected chi connectivity index (χ3v) is 3.44. The second-order valence-corrected chi connectivity index (χ2v) is 5.09. The van der Waals surface area contributed by atoms with E-state index in [1.807, 2.05) is 0 Å². The molecule has 7 nitrogen and oxygen atoms in total. The minimum Gasteiger partial charge on any atom is -0.361 e. The third kappa shape index (κ3) is 3.30. The predicted octanol–water partition coefficient (Wildman–Crippen LogP) is 1.85. The summed E-state index contributed by atoms with van der Waals surface area (Å²) >= 11 is 5.77. The first-order valence-corrected chi connectivity index (χ1v) is 6.48. The Balaban J connectivity index is 2.21. The third-order valence-electron chi connectivity index (χ3n) is 3.27. The van der Waals surface area contributed by atoms with E-state index in [1.165, 1.54) is 0 Å². The number of hydrogen-bond acceptors (Lipinski definition) is 6. The van der Waals surface area contributed by atoms with Gasteiger partial charge < -0.3 is 10.2 Å². The quantitative estimate of drug-likeness (QED) is 0.518. The molecular weight excluding hydrogens is 270 g/mol. The lowest BCUT2D eigenvalue weighted by Gasteiger charge is -2.29. The van der Waals surface area contributed by atoms with E-state index < -0.39 is 4.92 Å². The fourth-order valence-electron chi connectivity index (χ4n) is 2.20. The van der Waals surface area contributed by atoms with Crippen molar-refractivity contribution in [1.82, 2.24) is 14.9 Å². The lowest BCUT2D eigenvalue weighted by atomic mass is 10.1. The van der Waals surface area contributed by atoms with Crippen molar-refractivity contribution in [3.8, 4) is 0 Å². The number of nitrogens with one attached hydrogen (secondary N) is 1. The van der Waals surface area contributed by atoms with Gasteiger partial charge in [0.15, 0.2) is 0 Å². The predicted molar refractivity (Wildman–Crippen MR) is 72.6 cm³/mol. The monoisotopic (exact) mass is 285 g/mol. The van der Waals surface area contributed by atoms with E-state index >= 15 is 0 Å². The number of aryl methyl sites for hydroxylation is 1. The maximum atomic E-state index is 11.1. The van der Waals surface area contributed by atoms with Crippen LogP contribution < -0.4 is 5.32 Å². The minimum atomic E-state index is -0.469. The Morgan fingerprint density at radius 1 is 1.42 bits per heavy atom. The van der Waals surface area contributed by atoms with Crippen molar-refractivity contribution in [3.63, 3.8) is 0 Å². The van der Waals surface area contributed by atoms with Gasteiger partial charge in [-0.1, -0.05) is 0 Å². The summed E-state index contributed by atoms with van der Waals surface area (Å²) in [6.45, 7) is 3.48. The number of halogens is 1. The van der Waals surface area contributed by atoms with Crippen molar-refractivity contribution in [2.24, 2.45) is 0 Å². The van der Waals surface area contributed by atoms with E-state index in [0.717, 1.165) is 25.9 Å². The Kier molecular flexibility index (Phi) is 4.16. The highest BCUT2D eigenvalue weighted by Crippen LogP contribution is 2.28. The van der Waals surface area contributed by atoms with Crippen LogP contribution in [0.15, 0.2) is 0 Å². The molecule has 0 spiro atoms. The minimum absolute atomic E-state index is 0.0264. The molecule has 0 bridgehead atoms. The lowest BCUT2D eigenvalue weighted by Crippen LogP contribution is -2.37. The highest BCUT2D eigenvalue weighted by atomic mass is 35.5. The maximum absolute atomic E-state index is 11.1. The summed E-state index contributed by atoms with van der Waals surface area (Å²) in [5, 5.41) is 14.2. The molecule has 1 saturated heterocycles. The van der Waals surface area contributed by atoms with E-state index in [0.29, 0.717) is 0 Å². The Hall–Kier alpha value is -1.47. The number of rotatable bonds is 3. The zero-order valence-corrected chi connectivity index (χ0v) is 11.6. The van der Waals surface area contributed by atoms with Crippen LogP contribution in [0.2, 0.25) is 5.28 Å². The molecule has 2 rings (SSSR count). The smallest absolute Gasteiger partial charge is 0.332 e. The van der Waals surface area contributed by atoms with Crippen LogP contribution in [0.4, 0.5) is 11.5 Å². The molecule has 1 N–H and O–H groups in total. The molecule has 1 aliphatic rings. The highest BCUT2D eigenvalue weighted by molar-refractivity contribution is 6.28. The van der Waals surface area contributed by atoms with Gasteiger partial charge in [-0.15, -0.1) is 0 Å². The molecule has 2 heterocycles. The average Bonchev–Trinajstić information content (AvgIpc) is 2.30. The molecule has 19 heavy (non-hydrogen) atoms. The van der Waals surface area contributed by atoms with Crippen molar-refractivity contribution in [1.29, 1.82) is 0 Å². The molecule has 0 amide bonds. The summed E-state index contributed by atoms with van der Waals surface area (Å²) in [7, 11) is 2.06. The normalized spacial score (nSPS) is 17.4. The number of anilines is 1. The Morgan fingerprint density at radius 2 is 2.05 bits per heavy atom. The van der Waals surface area contributed by atoms with Gasteiger partial charge >= 0.3 is 5.69 Å². The fraction of sp³-hybridized carbons (Fsp3) is 0.636. The van der Waals surface area contributed by atoms with Gasteiger partial charge in [0.1, 0.15) is 5.69 Å². The zero-order valence-electron chi connectivity index (χ0n) is 10.9. The van der Waals surface area contributed by atoms with Gasteiger partial charge in [0.2, 0.25) is 11.1 Å². The van der Waals surface area contributed by atoms with Gasteiger partial charge in [0.05, 0.1) is 4.92 Å². The van der Waals surface area contributed by atoms with Crippen molar-refractivity contribution >= 4 is 23.1 Å². The zero-order chi connectivity index (χ0) is 14.0. The topological polar surface area (TPSA) is 84.2 Å². The largest absolute Gasteiger partial charge is 0.361 e. The number of nitro groups is 1. The van der Waals surface area contributed by atoms with Gasteiger partial charge in [-0.05, 0) is 51.5 Å². The lowest BCUT2D eigenvalue weighted by molar-refractivity contribution is -0.385. The summed E-state index contributed by atoms with van der Waals surface area (Å²) in [5.41, 5.74) is 0.184. The number of aromatic nitrogens is 2. The summed E-state index contributed by atoms with van der Waals surface area (Å²) in [4.78, 5) is 20.6. The van der Waals surface area contributed by atoms with Crippen molar-refractivity contribution in [2.75, 3.05) is 25.5 Å². The molecule has 0 aromatic carbocycles. The van der Waals surface area contributed by atoms with Crippen LogP contribution in [0.5, 0.6) is 0 Å². The summed E-state index contributed by atoms with van der Waals surface area (Å²) in [6.07, 6.45) is 1.85. The number of hydrogen-bond donors (Lipinski definition) is 1. The summed E-state index contributed by atoms with van der Waals surface area (Å²) in [6, 6.07) is 0.181. The molecule has 0 radical (unpaired) electrons. The first-order valence-electron chi connectivity index (χ1n) is 6.11. The molecule has 104 valence electrons. The van der Waals surface area contributed by atoms with E-state index in [9.17, 15) is 10.1 Å². The van der Waals surface area contributed by atoms with Gasteiger partial charge in [0, 0.05) is 6.04 Å². The molecule has 1 aromatic rings. The molecule has 0 unspecified atom stereocenters. The highest BCUT2D eigenvalue weighted by Gasteiger charge is 2.25. The van der Waals surface area contributed by atoms with Crippen LogP contribution in [-0.2, 0) is 0 Å². The van der Waals surface area contributed by atoms with Crippen LogP contribution >= 0.6 is 11.6 Å². The van der Waals surface area contributed by atoms with Crippen molar-refractivity contribution in [3.05, 3.63) is 21.1 Å². The molecule has 8 heteroatoms. The number of likely N-dealkylation sites (tertiary alicyclic amines) is 1.